The van der Waals surface area contributed by atoms with Crippen LogP contribution < -0.4 is 15.8 Å². The van der Waals surface area contributed by atoms with Crippen molar-refractivity contribution >= 4 is 23.6 Å². The van der Waals surface area contributed by atoms with Gasteiger partial charge in [-0.1, -0.05) is 24.3 Å². The number of aromatic nitrogens is 1. The van der Waals surface area contributed by atoms with E-state index in [2.05, 4.69) is 5.32 Å². The van der Waals surface area contributed by atoms with Gasteiger partial charge in [0.15, 0.2) is 23.1 Å². The van der Waals surface area contributed by atoms with Crippen molar-refractivity contribution in [1.82, 2.24) is 14.9 Å². The number of benzene rings is 2. The van der Waals surface area contributed by atoms with Crippen molar-refractivity contribution in [3.8, 4) is 5.75 Å². The Hall–Kier alpha value is -3.86. The second-order valence-corrected chi connectivity index (χ2v) is 11.8. The van der Waals surface area contributed by atoms with E-state index in [1.807, 2.05) is 29.3 Å². The second kappa shape index (κ2) is 9.36. The Bertz CT molecular complexity index is 1620. The van der Waals surface area contributed by atoms with Crippen LogP contribution in [0.25, 0.3) is 0 Å². The molecule has 1 saturated carbocycles. The third kappa shape index (κ3) is 3.89. The molecule has 0 bridgehead atoms. The topological polar surface area (TPSA) is 94.9 Å². The third-order valence-electron chi connectivity index (χ3n) is 8.29. The third-order valence-corrected chi connectivity index (χ3v) is 9.41. The van der Waals surface area contributed by atoms with E-state index >= 15 is 4.39 Å². The van der Waals surface area contributed by atoms with Gasteiger partial charge in [0, 0.05) is 41.1 Å². The average Bonchev–Trinajstić information content (AvgIpc) is 3.79. The molecule has 1 saturated heterocycles. The Labute approximate surface area is 232 Å². The van der Waals surface area contributed by atoms with Gasteiger partial charge in [0.2, 0.25) is 11.3 Å². The molecule has 7 rings (SSSR count). The Balaban J connectivity index is 1.42. The quantitative estimate of drug-likeness (QED) is 0.505. The molecule has 0 radical (unpaired) electrons. The van der Waals surface area contributed by atoms with Gasteiger partial charge in [0.1, 0.15) is 6.17 Å². The minimum Gasteiger partial charge on any atom is -0.502 e. The van der Waals surface area contributed by atoms with Crippen molar-refractivity contribution in [3.63, 3.8) is 0 Å². The zero-order valence-electron chi connectivity index (χ0n) is 21.3. The first-order chi connectivity index (χ1) is 19.3. The van der Waals surface area contributed by atoms with Crippen molar-refractivity contribution in [2.75, 3.05) is 11.6 Å². The molecule has 40 heavy (non-hydrogen) atoms. The predicted octanol–water partition coefficient (Wildman–Crippen LogP) is 3.64. The van der Waals surface area contributed by atoms with Crippen LogP contribution in [-0.2, 0) is 10.5 Å². The molecular weight excluding hydrogens is 538 g/mol. The number of amides is 2. The van der Waals surface area contributed by atoms with Crippen LogP contribution in [0.4, 0.5) is 8.78 Å². The summed E-state index contributed by atoms with van der Waals surface area (Å²) in [4.78, 5) is 41.7. The molecule has 2 N–H and O–H groups in total. The summed E-state index contributed by atoms with van der Waals surface area (Å²) in [6.07, 6.45) is 3.69. The highest BCUT2D eigenvalue weighted by Gasteiger charge is 2.48. The summed E-state index contributed by atoms with van der Waals surface area (Å²) in [5.41, 5.74) is 0.653. The molecule has 2 aromatic carbocycles. The first kappa shape index (κ1) is 25.1. The molecule has 2 fully saturated rings. The normalized spacial score (nSPS) is 23.4. The van der Waals surface area contributed by atoms with Crippen molar-refractivity contribution in [2.45, 2.75) is 54.6 Å². The lowest BCUT2D eigenvalue weighted by atomic mass is 9.89. The lowest BCUT2D eigenvalue weighted by Gasteiger charge is -2.52. The first-order valence-electron chi connectivity index (χ1n) is 13.4. The van der Waals surface area contributed by atoms with E-state index in [-0.39, 0.29) is 35.5 Å². The largest absolute Gasteiger partial charge is 0.502 e. The molecule has 206 valence electrons. The number of carbonyl (C=O) groups excluding carboxylic acids is 2. The van der Waals surface area contributed by atoms with Gasteiger partial charge in [-0.3, -0.25) is 24.1 Å². The molecule has 3 aromatic rings. The zero-order chi connectivity index (χ0) is 27.7. The number of pyridine rings is 1. The van der Waals surface area contributed by atoms with Gasteiger partial charge in [0.25, 0.3) is 5.91 Å². The Kier molecular flexibility index (Phi) is 5.88. The number of halogens is 2. The SMILES string of the molecule is O=C(NC1CC1)C1CC[C@@H]2N(C1)C(=O)c1c(O)c(=O)ccn1N2[C@@H]1c2ccccc2SCc2c1ccc(F)c2F. The van der Waals surface area contributed by atoms with Gasteiger partial charge in [-0.2, -0.15) is 0 Å². The number of rotatable bonds is 3. The van der Waals surface area contributed by atoms with Crippen molar-refractivity contribution < 1.29 is 23.5 Å². The number of carbonyl (C=O) groups is 2. The highest BCUT2D eigenvalue weighted by atomic mass is 32.2. The lowest BCUT2D eigenvalue weighted by Crippen LogP contribution is -2.65. The minimum absolute atomic E-state index is 0.106. The van der Waals surface area contributed by atoms with Gasteiger partial charge in [0.05, 0.1) is 12.0 Å². The molecular formula is C29H26F2N4O4S. The first-order valence-corrected chi connectivity index (χ1v) is 14.3. The summed E-state index contributed by atoms with van der Waals surface area (Å²) in [6.45, 7) is 0.106. The van der Waals surface area contributed by atoms with E-state index in [1.54, 1.807) is 6.07 Å². The van der Waals surface area contributed by atoms with Crippen LogP contribution in [0.1, 0.15) is 58.9 Å². The fraction of sp³-hybridized carbons (Fsp3) is 0.345. The lowest BCUT2D eigenvalue weighted by molar-refractivity contribution is -0.127. The zero-order valence-corrected chi connectivity index (χ0v) is 22.2. The number of nitrogens with zero attached hydrogens (tertiary/aromatic N) is 3. The van der Waals surface area contributed by atoms with E-state index in [4.69, 9.17) is 0 Å². The van der Waals surface area contributed by atoms with Crippen LogP contribution in [0.5, 0.6) is 5.75 Å². The van der Waals surface area contributed by atoms with Gasteiger partial charge in [-0.05, 0) is 48.9 Å². The van der Waals surface area contributed by atoms with E-state index in [0.717, 1.165) is 29.4 Å². The molecule has 1 aliphatic carbocycles. The fourth-order valence-electron chi connectivity index (χ4n) is 6.15. The summed E-state index contributed by atoms with van der Waals surface area (Å²) in [7, 11) is 0. The van der Waals surface area contributed by atoms with Gasteiger partial charge in [-0.25, -0.2) is 8.78 Å². The summed E-state index contributed by atoms with van der Waals surface area (Å²) < 4.78 is 31.2. The maximum atomic E-state index is 15.3. The number of hydrogen-bond acceptors (Lipinski definition) is 6. The summed E-state index contributed by atoms with van der Waals surface area (Å²) in [5, 5.41) is 15.7. The van der Waals surface area contributed by atoms with Gasteiger partial charge >= 0.3 is 0 Å². The second-order valence-electron chi connectivity index (χ2n) is 10.8. The molecule has 2 amide bonds. The van der Waals surface area contributed by atoms with E-state index in [9.17, 15) is 23.9 Å². The number of aromatic hydroxyl groups is 1. The number of thioether (sulfide) groups is 1. The number of fused-ring (bicyclic) bond motifs is 4. The maximum Gasteiger partial charge on any atom is 0.278 e. The fourth-order valence-corrected chi connectivity index (χ4v) is 7.26. The number of piperidine rings is 1. The van der Waals surface area contributed by atoms with Crippen LogP contribution in [0.2, 0.25) is 0 Å². The van der Waals surface area contributed by atoms with Crippen LogP contribution in [0.15, 0.2) is 58.4 Å². The molecule has 3 aliphatic heterocycles. The smallest absolute Gasteiger partial charge is 0.278 e. The maximum absolute atomic E-state index is 15.3. The number of hydrogen-bond donors (Lipinski definition) is 2. The highest BCUT2D eigenvalue weighted by Crippen LogP contribution is 2.46. The van der Waals surface area contributed by atoms with Crippen LogP contribution in [0, 0.1) is 17.6 Å². The summed E-state index contributed by atoms with van der Waals surface area (Å²) in [5.74, 6) is -3.45. The molecule has 4 heterocycles. The molecule has 1 aromatic heterocycles. The van der Waals surface area contributed by atoms with Crippen LogP contribution >= 0.6 is 11.8 Å². The molecule has 0 spiro atoms. The van der Waals surface area contributed by atoms with Gasteiger partial charge < -0.3 is 15.3 Å². The van der Waals surface area contributed by atoms with Crippen LogP contribution in [0.3, 0.4) is 0 Å². The summed E-state index contributed by atoms with van der Waals surface area (Å²) >= 11 is 1.40. The number of nitrogens with one attached hydrogen (secondary N) is 1. The van der Waals surface area contributed by atoms with Gasteiger partial charge in [-0.15, -0.1) is 11.8 Å². The molecule has 4 aliphatic rings. The molecule has 3 atom stereocenters. The summed E-state index contributed by atoms with van der Waals surface area (Å²) in [6, 6.07) is 10.9. The minimum atomic E-state index is -0.941. The van der Waals surface area contributed by atoms with E-state index in [0.29, 0.717) is 18.4 Å². The van der Waals surface area contributed by atoms with Crippen molar-refractivity contribution in [2.24, 2.45) is 5.92 Å². The van der Waals surface area contributed by atoms with Crippen LogP contribution in [-0.4, -0.2) is 45.2 Å². The Morgan fingerprint density at radius 1 is 1.00 bits per heavy atom. The molecule has 1 unspecified atom stereocenters. The van der Waals surface area contributed by atoms with E-state index in [1.165, 1.54) is 33.6 Å². The Morgan fingerprint density at radius 2 is 1.80 bits per heavy atom. The average molecular weight is 565 g/mol. The molecule has 11 heteroatoms. The predicted molar refractivity (Wildman–Crippen MR) is 144 cm³/mol. The monoisotopic (exact) mass is 564 g/mol. The van der Waals surface area contributed by atoms with E-state index < -0.39 is 46.8 Å². The Morgan fingerprint density at radius 3 is 2.60 bits per heavy atom. The highest BCUT2D eigenvalue weighted by molar-refractivity contribution is 7.98. The standard InChI is InChI=1S/C29H26F2N4O4S/c30-20-9-8-17-19(24(20)31)14-40-22-4-2-1-3-18(22)25(17)35-23-10-5-15(28(38)32-16-6-7-16)13-33(23)29(39)26-27(37)21(36)11-12-34(26)35/h1-4,8-9,11-12,15-16,23,25,37H,5-7,10,13-14H2,(H,32,38)/t15?,23-,25+/m1/s1. The van der Waals surface area contributed by atoms with Crippen molar-refractivity contribution in [1.29, 1.82) is 0 Å². The molecule has 8 nitrogen and oxygen atoms in total. The van der Waals surface area contributed by atoms with Crippen molar-refractivity contribution in [3.05, 3.63) is 92.9 Å².